The molecule has 0 atom stereocenters. The van der Waals surface area contributed by atoms with Gasteiger partial charge >= 0.3 is 103 Å². The Hall–Kier alpha value is -0.0969. The Balaban J connectivity index is 0.00000128. The molecule has 0 fully saturated rings. The summed E-state index contributed by atoms with van der Waals surface area (Å²) in [7, 11) is 0. The number of halogens is 2. The third-order valence-corrected chi connectivity index (χ3v) is 6.58. The van der Waals surface area contributed by atoms with E-state index in [1.165, 1.54) is 11.1 Å². The van der Waals surface area contributed by atoms with Gasteiger partial charge in [0.2, 0.25) is 0 Å². The first kappa shape index (κ1) is 16.9. The first-order chi connectivity index (χ1) is 7.35. The number of rotatable bonds is 4. The molecule has 0 nitrogen and oxygen atoms in total. The van der Waals surface area contributed by atoms with Crippen molar-refractivity contribution in [2.45, 2.75) is 12.8 Å². The average Bonchev–Trinajstić information content (AvgIpc) is 2.87. The molecule has 0 aromatic carbocycles. The molecule has 0 saturated heterocycles. The molecular formula is C14H14Cl2Zr. The van der Waals surface area contributed by atoms with Crippen molar-refractivity contribution < 1.29 is 48.0 Å². The van der Waals surface area contributed by atoms with E-state index in [9.17, 15) is 0 Å². The maximum Gasteiger partial charge on any atom is -1.00 e. The number of allylic oxidation sites excluding steroid dienone is 10. The summed E-state index contributed by atoms with van der Waals surface area (Å²) in [4.78, 5) is 0. The van der Waals surface area contributed by atoms with Crippen molar-refractivity contribution in [3.05, 3.63) is 67.3 Å². The molecule has 0 aromatic rings. The Kier molecular flexibility index (Phi) is 8.04. The summed E-state index contributed by atoms with van der Waals surface area (Å²) in [5, 5.41) is 0. The summed E-state index contributed by atoms with van der Waals surface area (Å²) in [5.74, 6) is 0. The van der Waals surface area contributed by atoms with Crippen molar-refractivity contribution in [2.75, 3.05) is 0 Å². The molecule has 0 heterocycles. The summed E-state index contributed by atoms with van der Waals surface area (Å²) in [6, 6.07) is 0. The van der Waals surface area contributed by atoms with Crippen LogP contribution < -0.4 is 24.8 Å². The van der Waals surface area contributed by atoms with E-state index in [0.717, 1.165) is 12.8 Å². The van der Waals surface area contributed by atoms with Crippen LogP contribution in [0.25, 0.3) is 0 Å². The molecule has 2 aliphatic carbocycles. The number of hydrogen-bond donors (Lipinski definition) is 0. The van der Waals surface area contributed by atoms with Crippen LogP contribution in [0.15, 0.2) is 67.3 Å². The van der Waals surface area contributed by atoms with Crippen molar-refractivity contribution in [1.82, 2.24) is 0 Å². The van der Waals surface area contributed by atoms with Gasteiger partial charge in [0, 0.05) is 0 Å². The predicted molar refractivity (Wildman–Crippen MR) is 62.0 cm³/mol. The minimum absolute atomic E-state index is 0. The molecule has 17 heavy (non-hydrogen) atoms. The van der Waals surface area contributed by atoms with Crippen LogP contribution in [0, 0.1) is 0 Å². The molecule has 0 aromatic heterocycles. The summed E-state index contributed by atoms with van der Waals surface area (Å²) in [6.45, 7) is 7.75. The van der Waals surface area contributed by atoms with E-state index >= 15 is 0 Å². The Morgan fingerprint density at radius 3 is 1.65 bits per heavy atom. The zero-order valence-electron chi connectivity index (χ0n) is 9.55. The molecule has 0 amide bonds. The van der Waals surface area contributed by atoms with Gasteiger partial charge < -0.3 is 24.8 Å². The molecule has 0 saturated carbocycles. The standard InChI is InChI=1S/2C7H7.2ClH.Zr/c2*1-2-7-5-3-4-6-7;;;/h2*2-3,5H,1,4H2;2*1H;/q;;;;+2/p-2. The van der Waals surface area contributed by atoms with Crippen molar-refractivity contribution in [3.63, 3.8) is 0 Å². The third kappa shape index (κ3) is 3.95. The van der Waals surface area contributed by atoms with Gasteiger partial charge in [-0.1, -0.05) is 0 Å². The molecule has 0 N–H and O–H groups in total. The maximum atomic E-state index is 3.87. The summed E-state index contributed by atoms with van der Waals surface area (Å²) in [5.41, 5.74) is 2.76. The molecule has 2 aliphatic rings. The van der Waals surface area contributed by atoms with E-state index in [1.54, 1.807) is 6.56 Å². The van der Waals surface area contributed by atoms with Crippen molar-refractivity contribution in [3.8, 4) is 0 Å². The van der Waals surface area contributed by atoms with E-state index in [2.05, 4.69) is 37.5 Å². The molecule has 3 heteroatoms. The zero-order valence-corrected chi connectivity index (χ0v) is 13.5. The van der Waals surface area contributed by atoms with Gasteiger partial charge in [0.05, 0.1) is 0 Å². The Morgan fingerprint density at radius 2 is 1.29 bits per heavy atom. The van der Waals surface area contributed by atoms with Gasteiger partial charge in [0.25, 0.3) is 0 Å². The Morgan fingerprint density at radius 1 is 0.882 bits per heavy atom. The Bertz CT molecular complexity index is 386. The maximum absolute atomic E-state index is 3.87. The van der Waals surface area contributed by atoms with E-state index in [0.29, 0.717) is 0 Å². The SMILES string of the molecule is C=CC1=[C]([Zr+2][C]2=C(C=C)C=CC2)CC=C1.[Cl-].[Cl-]. The fraction of sp³-hybridized carbons (Fsp3) is 0.143. The second kappa shape index (κ2) is 8.08. The second-order valence-corrected chi connectivity index (χ2v) is 7.20. The summed E-state index contributed by atoms with van der Waals surface area (Å²) < 4.78 is 3.32. The van der Waals surface area contributed by atoms with Gasteiger partial charge in [0.15, 0.2) is 0 Å². The van der Waals surface area contributed by atoms with Crippen LogP contribution in [-0.2, 0) is 23.2 Å². The van der Waals surface area contributed by atoms with Gasteiger partial charge in [-0.05, 0) is 0 Å². The monoisotopic (exact) mass is 342 g/mol. The summed E-state index contributed by atoms with van der Waals surface area (Å²) >= 11 is -0.559. The van der Waals surface area contributed by atoms with Gasteiger partial charge in [-0.15, -0.1) is 0 Å². The van der Waals surface area contributed by atoms with E-state index < -0.39 is 23.2 Å². The molecule has 88 valence electrons. The largest absolute Gasteiger partial charge is 1.00 e. The van der Waals surface area contributed by atoms with Crippen LogP contribution in [0.3, 0.4) is 0 Å². The smallest absolute Gasteiger partial charge is 1.00 e. The van der Waals surface area contributed by atoms with E-state index in [1.807, 2.05) is 12.2 Å². The van der Waals surface area contributed by atoms with Crippen LogP contribution in [0.5, 0.6) is 0 Å². The first-order valence-electron chi connectivity index (χ1n) is 5.16. The molecule has 0 radical (unpaired) electrons. The third-order valence-electron chi connectivity index (χ3n) is 2.68. The topological polar surface area (TPSA) is 0 Å². The van der Waals surface area contributed by atoms with Crippen LogP contribution >= 0.6 is 0 Å². The minimum atomic E-state index is -0.559. The average molecular weight is 344 g/mol. The quantitative estimate of drug-likeness (QED) is 0.547. The van der Waals surface area contributed by atoms with Gasteiger partial charge in [-0.25, -0.2) is 0 Å². The molecule has 0 bridgehead atoms. The summed E-state index contributed by atoms with van der Waals surface area (Å²) in [6.07, 6.45) is 15.2. The fourth-order valence-corrected chi connectivity index (χ4v) is 5.45. The second-order valence-electron chi connectivity index (χ2n) is 3.61. The minimum Gasteiger partial charge on any atom is -1.00 e. The van der Waals surface area contributed by atoms with Crippen molar-refractivity contribution >= 4 is 0 Å². The van der Waals surface area contributed by atoms with Gasteiger partial charge in [0.1, 0.15) is 0 Å². The first-order valence-corrected chi connectivity index (χ1v) is 7.62. The number of hydrogen-bond acceptors (Lipinski definition) is 0. The molecule has 0 unspecified atom stereocenters. The van der Waals surface area contributed by atoms with Gasteiger partial charge in [-0.3, -0.25) is 0 Å². The van der Waals surface area contributed by atoms with E-state index in [4.69, 9.17) is 0 Å². The zero-order chi connectivity index (χ0) is 10.7. The normalized spacial score (nSPS) is 16.5. The van der Waals surface area contributed by atoms with Crippen LogP contribution in [-0.4, -0.2) is 0 Å². The fourth-order valence-electron chi connectivity index (χ4n) is 1.86. The van der Waals surface area contributed by atoms with Crippen molar-refractivity contribution in [2.24, 2.45) is 0 Å². The predicted octanol–water partition coefficient (Wildman–Crippen LogP) is -2.12. The van der Waals surface area contributed by atoms with E-state index in [-0.39, 0.29) is 24.8 Å². The van der Waals surface area contributed by atoms with Crippen LogP contribution in [0.4, 0.5) is 0 Å². The molecular weight excluding hydrogens is 330 g/mol. The van der Waals surface area contributed by atoms with Crippen LogP contribution in [0.1, 0.15) is 12.8 Å². The molecule has 0 spiro atoms. The molecule has 2 rings (SSSR count). The molecule has 0 aliphatic heterocycles. The van der Waals surface area contributed by atoms with Gasteiger partial charge in [-0.2, -0.15) is 0 Å². The Labute approximate surface area is 127 Å². The van der Waals surface area contributed by atoms with Crippen LogP contribution in [0.2, 0.25) is 0 Å². The van der Waals surface area contributed by atoms with Crippen molar-refractivity contribution in [1.29, 1.82) is 0 Å².